The molecule has 0 aromatic carbocycles. The van der Waals surface area contributed by atoms with Crippen molar-refractivity contribution in [2.45, 2.75) is 37.8 Å². The third-order valence-corrected chi connectivity index (χ3v) is 4.22. The molecule has 4 heteroatoms. The average Bonchev–Trinajstić information content (AvgIpc) is 2.83. The molecule has 2 aliphatic heterocycles. The molecular weight excluding hydrogens is 224 g/mol. The summed E-state index contributed by atoms with van der Waals surface area (Å²) in [4.78, 5) is 6.91. The summed E-state index contributed by atoms with van der Waals surface area (Å²) in [6, 6.07) is 5.50. The summed E-state index contributed by atoms with van der Waals surface area (Å²) in [5.41, 5.74) is 1.19. The van der Waals surface area contributed by atoms with Crippen LogP contribution in [-0.2, 0) is 0 Å². The topological polar surface area (TPSA) is 40.2 Å². The van der Waals surface area contributed by atoms with Crippen LogP contribution in [0.15, 0.2) is 18.3 Å². The van der Waals surface area contributed by atoms with E-state index in [-0.39, 0.29) is 0 Å². The molecule has 0 saturated carbocycles. The highest BCUT2D eigenvalue weighted by atomic mass is 15.2. The molecule has 4 nitrogen and oxygen atoms in total. The molecule has 3 rings (SSSR count). The number of hydrogen-bond acceptors (Lipinski definition) is 4. The van der Waals surface area contributed by atoms with E-state index in [1.54, 1.807) is 0 Å². The maximum absolute atomic E-state index is 4.25. The van der Waals surface area contributed by atoms with Crippen LogP contribution in [0.1, 0.15) is 25.7 Å². The molecule has 2 atom stereocenters. The van der Waals surface area contributed by atoms with E-state index >= 15 is 0 Å². The Kier molecular flexibility index (Phi) is 3.37. The van der Waals surface area contributed by atoms with Gasteiger partial charge in [0.05, 0.1) is 0 Å². The predicted molar refractivity (Wildman–Crippen MR) is 75.0 cm³/mol. The second-order valence-electron chi connectivity index (χ2n) is 5.32. The van der Waals surface area contributed by atoms with Crippen LogP contribution in [0.2, 0.25) is 0 Å². The molecule has 0 spiro atoms. The van der Waals surface area contributed by atoms with Crippen LogP contribution in [0.3, 0.4) is 0 Å². The van der Waals surface area contributed by atoms with Gasteiger partial charge < -0.3 is 10.6 Å². The van der Waals surface area contributed by atoms with Crippen LogP contribution in [0.25, 0.3) is 0 Å². The Morgan fingerprint density at radius 2 is 2.22 bits per heavy atom. The number of fused-ring (bicyclic) bond motifs is 1. The third kappa shape index (κ3) is 2.29. The Morgan fingerprint density at radius 3 is 3.11 bits per heavy atom. The van der Waals surface area contributed by atoms with Gasteiger partial charge in [-0.05, 0) is 31.9 Å². The number of aromatic nitrogens is 1. The van der Waals surface area contributed by atoms with Crippen molar-refractivity contribution in [3.8, 4) is 0 Å². The quantitative estimate of drug-likeness (QED) is 0.857. The minimum atomic E-state index is 0.609. The number of rotatable bonds is 3. The van der Waals surface area contributed by atoms with Crippen molar-refractivity contribution in [3.05, 3.63) is 18.3 Å². The second kappa shape index (κ2) is 5.14. The van der Waals surface area contributed by atoms with Gasteiger partial charge in [-0.3, -0.25) is 4.90 Å². The zero-order valence-corrected chi connectivity index (χ0v) is 11.0. The highest BCUT2D eigenvalue weighted by Gasteiger charge is 2.35. The van der Waals surface area contributed by atoms with Gasteiger partial charge in [0.2, 0.25) is 0 Å². The van der Waals surface area contributed by atoms with Gasteiger partial charge in [-0.25, -0.2) is 4.98 Å². The number of pyridine rings is 1. The van der Waals surface area contributed by atoms with E-state index in [0.717, 1.165) is 11.9 Å². The summed E-state index contributed by atoms with van der Waals surface area (Å²) in [6.07, 6.45) is 7.24. The van der Waals surface area contributed by atoms with E-state index < -0.39 is 0 Å². The Hall–Kier alpha value is -1.29. The fourth-order valence-electron chi connectivity index (χ4n) is 3.29. The minimum Gasteiger partial charge on any atom is -0.381 e. The van der Waals surface area contributed by atoms with Gasteiger partial charge in [0.15, 0.2) is 0 Å². The first-order chi connectivity index (χ1) is 8.86. The Labute approximate surface area is 109 Å². The summed E-state index contributed by atoms with van der Waals surface area (Å²) >= 11 is 0. The van der Waals surface area contributed by atoms with Crippen molar-refractivity contribution < 1.29 is 0 Å². The first-order valence-electron chi connectivity index (χ1n) is 7.01. The average molecular weight is 246 g/mol. The van der Waals surface area contributed by atoms with Gasteiger partial charge in [-0.15, -0.1) is 0 Å². The van der Waals surface area contributed by atoms with Crippen molar-refractivity contribution in [1.29, 1.82) is 0 Å². The lowest BCUT2D eigenvalue weighted by atomic mass is 9.99. The van der Waals surface area contributed by atoms with E-state index in [0.29, 0.717) is 6.04 Å². The molecule has 0 aliphatic carbocycles. The zero-order chi connectivity index (χ0) is 12.4. The SMILES string of the molecule is CNc1cc(NC2CCN3CCCCC23)ccn1. The van der Waals surface area contributed by atoms with Crippen LogP contribution in [0.5, 0.6) is 0 Å². The first-order valence-corrected chi connectivity index (χ1v) is 7.01. The molecule has 0 amide bonds. The summed E-state index contributed by atoms with van der Waals surface area (Å²) in [5.74, 6) is 0.929. The van der Waals surface area contributed by atoms with Crippen LogP contribution >= 0.6 is 0 Å². The van der Waals surface area contributed by atoms with E-state index in [4.69, 9.17) is 0 Å². The fraction of sp³-hybridized carbons (Fsp3) is 0.643. The molecule has 2 N–H and O–H groups in total. The standard InChI is InChI=1S/C14H22N4/c1-15-14-10-11(5-7-16-14)17-12-6-9-18-8-3-2-4-13(12)18/h5,7,10,12-13H,2-4,6,8-9H2,1H3,(H2,15,16,17). The molecule has 18 heavy (non-hydrogen) atoms. The monoisotopic (exact) mass is 246 g/mol. The number of nitrogens with one attached hydrogen (secondary N) is 2. The molecule has 1 aromatic heterocycles. The van der Waals surface area contributed by atoms with E-state index in [2.05, 4.69) is 32.7 Å². The number of nitrogens with zero attached hydrogens (tertiary/aromatic N) is 2. The van der Waals surface area contributed by atoms with Gasteiger partial charge >= 0.3 is 0 Å². The predicted octanol–water partition coefficient (Wildman–Crippen LogP) is 2.16. The molecule has 2 unspecified atom stereocenters. The Bertz CT molecular complexity index is 407. The van der Waals surface area contributed by atoms with Crippen LogP contribution < -0.4 is 10.6 Å². The van der Waals surface area contributed by atoms with Crippen molar-refractivity contribution in [2.75, 3.05) is 30.8 Å². The maximum atomic E-state index is 4.25. The molecule has 2 aliphatic rings. The molecule has 2 saturated heterocycles. The van der Waals surface area contributed by atoms with E-state index in [9.17, 15) is 0 Å². The number of anilines is 2. The van der Waals surface area contributed by atoms with Crippen LogP contribution in [0.4, 0.5) is 11.5 Å². The van der Waals surface area contributed by atoms with Gasteiger partial charge in [-0.2, -0.15) is 0 Å². The summed E-state index contributed by atoms with van der Waals surface area (Å²) in [7, 11) is 1.91. The first kappa shape index (κ1) is 11.8. The normalized spacial score (nSPS) is 27.8. The molecule has 1 aromatic rings. The Morgan fingerprint density at radius 1 is 1.28 bits per heavy atom. The molecular formula is C14H22N4. The minimum absolute atomic E-state index is 0.609. The largest absolute Gasteiger partial charge is 0.381 e. The molecule has 3 heterocycles. The molecule has 98 valence electrons. The Balaban J connectivity index is 1.68. The summed E-state index contributed by atoms with van der Waals surface area (Å²) in [5, 5.41) is 6.78. The van der Waals surface area contributed by atoms with Gasteiger partial charge in [-0.1, -0.05) is 6.42 Å². The lowest BCUT2D eigenvalue weighted by Crippen LogP contribution is -2.41. The van der Waals surface area contributed by atoms with E-state index in [1.807, 2.05) is 13.2 Å². The molecule has 2 fully saturated rings. The van der Waals surface area contributed by atoms with Crippen molar-refractivity contribution in [3.63, 3.8) is 0 Å². The highest BCUT2D eigenvalue weighted by molar-refractivity contribution is 5.52. The van der Waals surface area contributed by atoms with Crippen LogP contribution in [0, 0.1) is 0 Å². The van der Waals surface area contributed by atoms with Crippen LogP contribution in [-0.4, -0.2) is 42.1 Å². The lowest BCUT2D eigenvalue weighted by molar-refractivity contribution is 0.193. The fourth-order valence-corrected chi connectivity index (χ4v) is 3.29. The third-order valence-electron chi connectivity index (χ3n) is 4.22. The van der Waals surface area contributed by atoms with Crippen molar-refractivity contribution in [2.24, 2.45) is 0 Å². The zero-order valence-electron chi connectivity index (χ0n) is 11.0. The highest BCUT2D eigenvalue weighted by Crippen LogP contribution is 2.29. The smallest absolute Gasteiger partial charge is 0.127 e. The van der Waals surface area contributed by atoms with Crippen molar-refractivity contribution >= 4 is 11.5 Å². The molecule has 0 bridgehead atoms. The second-order valence-corrected chi connectivity index (χ2v) is 5.32. The molecule has 0 radical (unpaired) electrons. The number of hydrogen-bond donors (Lipinski definition) is 2. The summed E-state index contributed by atoms with van der Waals surface area (Å²) < 4.78 is 0. The van der Waals surface area contributed by atoms with E-state index in [1.165, 1.54) is 44.5 Å². The lowest BCUT2D eigenvalue weighted by Gasteiger charge is -2.33. The van der Waals surface area contributed by atoms with Gasteiger partial charge in [0, 0.05) is 43.6 Å². The number of piperidine rings is 1. The maximum Gasteiger partial charge on any atom is 0.127 e. The van der Waals surface area contributed by atoms with Crippen molar-refractivity contribution in [1.82, 2.24) is 9.88 Å². The van der Waals surface area contributed by atoms with Gasteiger partial charge in [0.25, 0.3) is 0 Å². The van der Waals surface area contributed by atoms with Gasteiger partial charge in [0.1, 0.15) is 5.82 Å². The summed E-state index contributed by atoms with van der Waals surface area (Å²) in [6.45, 7) is 2.55.